The number of hydrogen-bond donors (Lipinski definition) is 0. The van der Waals surface area contributed by atoms with Gasteiger partial charge in [-0.05, 0) is 98.7 Å². The summed E-state index contributed by atoms with van der Waals surface area (Å²) in [6.45, 7) is 50.2. The van der Waals surface area contributed by atoms with Crippen molar-refractivity contribution in [3.63, 3.8) is 0 Å². The topological polar surface area (TPSA) is 35.5 Å². The molecule has 0 aromatic rings. The second kappa shape index (κ2) is 15.1. The van der Waals surface area contributed by atoms with Gasteiger partial charge >= 0.3 is 6.92 Å². The molecule has 9 heteroatoms. The third-order valence-electron chi connectivity index (χ3n) is 21.7. The first-order valence-electron chi connectivity index (χ1n) is 23.3. The van der Waals surface area contributed by atoms with E-state index < -0.39 is 11.8 Å². The zero-order chi connectivity index (χ0) is 42.9. The highest BCUT2D eigenvalue weighted by molar-refractivity contribution is 6.60. The normalized spacial score (nSPS) is 40.3. The van der Waals surface area contributed by atoms with E-state index in [9.17, 15) is 13.6 Å². The molecule has 0 aromatic heterocycles. The zero-order valence-electron chi connectivity index (χ0n) is 40.4. The summed E-state index contributed by atoms with van der Waals surface area (Å²) in [6, 6.07) is 0. The highest BCUT2D eigenvalue weighted by atomic mass is 19.3. The van der Waals surface area contributed by atoms with E-state index in [2.05, 4.69) is 124 Å². The summed E-state index contributed by atoms with van der Waals surface area (Å²) in [5, 5.41) is 0. The molecule has 4 aliphatic carbocycles. The van der Waals surface area contributed by atoms with Gasteiger partial charge in [-0.15, -0.1) is 0 Å². The summed E-state index contributed by atoms with van der Waals surface area (Å²) in [4.78, 5) is 11.3. The fourth-order valence-electron chi connectivity index (χ4n) is 16.0. The molecule has 4 saturated carbocycles. The van der Waals surface area contributed by atoms with Crippen molar-refractivity contribution >= 4 is 33.2 Å². The molecule has 9 atom stereocenters. The van der Waals surface area contributed by atoms with Crippen LogP contribution in [0.4, 0.5) is 8.78 Å². The average Bonchev–Trinajstić information content (AvgIpc) is 3.05. The number of carbonyl (C=O) groups excluding carboxylic acids is 1. The summed E-state index contributed by atoms with van der Waals surface area (Å²) in [7, 11) is 0. The maximum Gasteiger partial charge on any atom is 0.362 e. The standard InChI is InChI=1S/C12H21BF2.C12H23BO.C12H23B.C11H19BO2.CH4/c1-10(2)8-9(11(10,3)4)13(5)7-6-12(8,14)15;1-8-7-9-10(13(6)14-8)12(4,5)11(9,2)3;1-11(2)9-7-6-8-13(5)10(9)12(11,3)4;1-10(2)7-6-8(13)14-12(5)9(7)11(10,3)4;/h8-9H,6-7H2,1-5H3;8-10H,7H2,1-6H3;9-10H,6-8H2,1-5H3;7,9H,6H2,1-5H3;1H4. The van der Waals surface area contributed by atoms with Crippen molar-refractivity contribution in [1.29, 1.82) is 0 Å². The average molecular weight is 796 g/mol. The van der Waals surface area contributed by atoms with Gasteiger partial charge in [0, 0.05) is 24.9 Å². The van der Waals surface area contributed by atoms with Gasteiger partial charge in [0.2, 0.25) is 5.92 Å². The van der Waals surface area contributed by atoms with Gasteiger partial charge in [-0.25, -0.2) is 8.78 Å². The van der Waals surface area contributed by atoms with Crippen molar-refractivity contribution in [3.8, 4) is 0 Å². The number of alkyl halides is 2. The Morgan fingerprint density at radius 3 is 1.51 bits per heavy atom. The highest BCUT2D eigenvalue weighted by Crippen LogP contribution is 2.76. The minimum Gasteiger partial charge on any atom is -0.536 e. The molecule has 0 amide bonds. The molecule has 4 saturated heterocycles. The molecular weight excluding hydrogens is 706 g/mol. The number of halogens is 2. The molecule has 0 N–H and O–H groups in total. The van der Waals surface area contributed by atoms with Crippen molar-refractivity contribution in [1.82, 2.24) is 0 Å². The lowest BCUT2D eigenvalue weighted by molar-refractivity contribution is -0.222. The minimum absolute atomic E-state index is 0. The third kappa shape index (κ3) is 7.12. The molecule has 4 aliphatic heterocycles. The SMILES string of the molecule is C.CB1CCC(F)(F)C2C1C(C)(C)C2(C)C.CB1CCCC2C1C(C)(C)C2(C)C.CB1OC(=O)CC2C1C(C)(C)C2(C)C.CB1OC(C)CC2C1C(C)(C)C2(C)C. The van der Waals surface area contributed by atoms with Gasteiger partial charge in [-0.1, -0.05) is 170 Å². The van der Waals surface area contributed by atoms with E-state index in [1.165, 1.54) is 25.6 Å². The van der Waals surface area contributed by atoms with Gasteiger partial charge in [-0.3, -0.25) is 4.79 Å². The van der Waals surface area contributed by atoms with E-state index in [-0.39, 0.29) is 54.2 Å². The molecule has 0 bridgehead atoms. The number of hydrogen-bond acceptors (Lipinski definition) is 3. The van der Waals surface area contributed by atoms with Crippen LogP contribution in [0.5, 0.6) is 0 Å². The van der Waals surface area contributed by atoms with Gasteiger partial charge in [0.15, 0.2) is 0 Å². The first kappa shape index (κ1) is 49.2. The first-order chi connectivity index (χ1) is 25.1. The van der Waals surface area contributed by atoms with Gasteiger partial charge in [0.25, 0.3) is 12.9 Å². The largest absolute Gasteiger partial charge is 0.536 e. The van der Waals surface area contributed by atoms with Crippen molar-refractivity contribution in [2.75, 3.05) is 0 Å². The van der Waals surface area contributed by atoms with Crippen LogP contribution in [0.25, 0.3) is 0 Å². The Bertz CT molecular complexity index is 1470. The molecule has 326 valence electrons. The summed E-state index contributed by atoms with van der Waals surface area (Å²) < 4.78 is 39.1. The summed E-state index contributed by atoms with van der Waals surface area (Å²) in [6.07, 6.45) is 7.55. The highest BCUT2D eigenvalue weighted by Gasteiger charge is 2.72. The van der Waals surface area contributed by atoms with Crippen LogP contribution in [-0.4, -0.2) is 45.3 Å². The summed E-state index contributed by atoms with van der Waals surface area (Å²) >= 11 is 0. The molecule has 57 heavy (non-hydrogen) atoms. The van der Waals surface area contributed by atoms with E-state index in [0.29, 0.717) is 65.9 Å². The van der Waals surface area contributed by atoms with Crippen LogP contribution in [0.2, 0.25) is 63.2 Å². The smallest absolute Gasteiger partial charge is 0.362 e. The van der Waals surface area contributed by atoms with E-state index in [4.69, 9.17) is 9.31 Å². The zero-order valence-corrected chi connectivity index (χ0v) is 40.4. The maximum atomic E-state index is 13.9. The van der Waals surface area contributed by atoms with Crippen molar-refractivity contribution in [2.45, 2.75) is 232 Å². The van der Waals surface area contributed by atoms with Crippen LogP contribution in [0, 0.1) is 67.0 Å². The van der Waals surface area contributed by atoms with Crippen LogP contribution in [0.1, 0.15) is 157 Å². The fourth-order valence-corrected chi connectivity index (χ4v) is 16.0. The van der Waals surface area contributed by atoms with Crippen LogP contribution in [0.3, 0.4) is 0 Å². The minimum atomic E-state index is -2.43. The lowest BCUT2D eigenvalue weighted by Crippen LogP contribution is -2.67. The van der Waals surface area contributed by atoms with Crippen molar-refractivity contribution in [2.24, 2.45) is 67.0 Å². The molecule has 0 aromatic carbocycles. The number of fused-ring (bicyclic) bond motifs is 4. The molecule has 0 spiro atoms. The number of rotatable bonds is 0. The van der Waals surface area contributed by atoms with E-state index in [1.807, 2.05) is 20.7 Å². The predicted octanol–water partition coefficient (Wildman–Crippen LogP) is 14.9. The molecule has 0 radical (unpaired) electrons. The monoisotopic (exact) mass is 797 g/mol. The Labute approximate surface area is 354 Å². The third-order valence-corrected chi connectivity index (χ3v) is 21.7. The molecule has 8 fully saturated rings. The molecule has 8 aliphatic rings. The maximum absolute atomic E-state index is 13.9. The summed E-state index contributed by atoms with van der Waals surface area (Å²) in [5.74, 6) is 2.11. The van der Waals surface area contributed by atoms with Crippen molar-refractivity contribution < 1.29 is 22.9 Å². The van der Waals surface area contributed by atoms with Gasteiger partial charge in [0.05, 0.1) is 0 Å². The molecule has 9 unspecified atom stereocenters. The quantitative estimate of drug-likeness (QED) is 0.229. The summed E-state index contributed by atoms with van der Waals surface area (Å²) in [5.41, 5.74) is 2.49. The fraction of sp³-hybridized carbons (Fsp3) is 0.979. The Morgan fingerprint density at radius 2 is 1.00 bits per heavy atom. The van der Waals surface area contributed by atoms with Crippen molar-refractivity contribution in [3.05, 3.63) is 0 Å². The lowest BCUT2D eigenvalue weighted by Gasteiger charge is -2.70. The Balaban J connectivity index is 0.000000168. The van der Waals surface area contributed by atoms with E-state index in [0.717, 1.165) is 30.2 Å². The Kier molecular flexibility index (Phi) is 13.1. The molecule has 8 rings (SSSR count). The predicted molar refractivity (Wildman–Crippen MR) is 247 cm³/mol. The molecule has 4 heterocycles. The van der Waals surface area contributed by atoms with E-state index in [1.54, 1.807) is 0 Å². The van der Waals surface area contributed by atoms with Crippen LogP contribution < -0.4 is 0 Å². The second-order valence-electron chi connectivity index (χ2n) is 25.6. The van der Waals surface area contributed by atoms with Gasteiger partial charge < -0.3 is 9.31 Å². The van der Waals surface area contributed by atoms with Crippen LogP contribution >= 0.6 is 0 Å². The Morgan fingerprint density at radius 1 is 0.561 bits per heavy atom. The number of carbonyl (C=O) groups is 1. The first-order valence-corrected chi connectivity index (χ1v) is 23.3. The van der Waals surface area contributed by atoms with Crippen LogP contribution in [0.15, 0.2) is 0 Å². The van der Waals surface area contributed by atoms with Crippen LogP contribution in [-0.2, 0) is 14.1 Å². The molecular formula is C48H90B4F2O3. The van der Waals surface area contributed by atoms with Gasteiger partial charge in [0.1, 0.15) is 13.4 Å². The van der Waals surface area contributed by atoms with E-state index >= 15 is 0 Å². The second-order valence-corrected chi connectivity index (χ2v) is 25.6. The Hall–Kier alpha value is -0.450. The van der Waals surface area contributed by atoms with Gasteiger partial charge in [-0.2, -0.15) is 0 Å². The lowest BCUT2D eigenvalue weighted by atomic mass is 9.19. The molecule has 3 nitrogen and oxygen atoms in total.